The van der Waals surface area contributed by atoms with Crippen LogP contribution in [0.5, 0.6) is 0 Å². The quantitative estimate of drug-likeness (QED) is 0.875. The molecule has 1 aromatic carbocycles. The minimum atomic E-state index is -0.409. The Morgan fingerprint density at radius 3 is 2.75 bits per heavy atom. The number of carbonyl (C=O) groups excluding carboxylic acids is 1. The number of amides is 1. The normalized spacial score (nSPS) is 17.8. The van der Waals surface area contributed by atoms with E-state index in [4.69, 9.17) is 0 Å². The number of carbonyl (C=O) groups is 1. The highest BCUT2D eigenvalue weighted by Gasteiger charge is 2.38. The molecule has 5 heteroatoms. The number of nitrogens with one attached hydrogen (secondary N) is 2. The number of benzene rings is 1. The number of hydrogen-bond donors (Lipinski definition) is 2. The zero-order chi connectivity index (χ0) is 14.6. The van der Waals surface area contributed by atoms with Crippen molar-refractivity contribution in [3.63, 3.8) is 0 Å². The molecule has 1 fully saturated rings. The predicted octanol–water partition coefficient (Wildman–Crippen LogP) is 3.70. The Balaban J connectivity index is 2.20. The minimum absolute atomic E-state index is 0.0633. The highest BCUT2D eigenvalue weighted by Crippen LogP contribution is 2.36. The fourth-order valence-electron chi connectivity index (χ4n) is 2.84. The lowest BCUT2D eigenvalue weighted by atomic mass is 9.74. The van der Waals surface area contributed by atoms with Crippen LogP contribution in [0.15, 0.2) is 22.7 Å². The van der Waals surface area contributed by atoms with Crippen LogP contribution in [0, 0.1) is 11.2 Å². The zero-order valence-electron chi connectivity index (χ0n) is 11.6. The van der Waals surface area contributed by atoms with E-state index in [-0.39, 0.29) is 17.0 Å². The Kier molecular flexibility index (Phi) is 5.16. The first-order valence-corrected chi connectivity index (χ1v) is 7.84. The van der Waals surface area contributed by atoms with Gasteiger partial charge in [-0.05, 0) is 60.4 Å². The molecule has 0 aliphatic carbocycles. The van der Waals surface area contributed by atoms with Gasteiger partial charge in [0.1, 0.15) is 5.82 Å². The fraction of sp³-hybridized carbons (Fsp3) is 0.533. The van der Waals surface area contributed by atoms with Crippen LogP contribution in [-0.4, -0.2) is 19.0 Å². The molecule has 2 N–H and O–H groups in total. The van der Waals surface area contributed by atoms with Gasteiger partial charge in [0.15, 0.2) is 0 Å². The van der Waals surface area contributed by atoms with E-state index in [1.807, 2.05) is 0 Å². The first kappa shape index (κ1) is 15.4. The number of halogens is 2. The van der Waals surface area contributed by atoms with Crippen molar-refractivity contribution in [2.45, 2.75) is 32.6 Å². The maximum atomic E-state index is 13.8. The van der Waals surface area contributed by atoms with Crippen molar-refractivity contribution in [1.29, 1.82) is 0 Å². The first-order chi connectivity index (χ1) is 9.59. The predicted molar refractivity (Wildman–Crippen MR) is 82.2 cm³/mol. The van der Waals surface area contributed by atoms with Gasteiger partial charge in [-0.1, -0.05) is 19.4 Å². The van der Waals surface area contributed by atoms with Gasteiger partial charge in [-0.25, -0.2) is 4.39 Å². The molecule has 0 spiro atoms. The highest BCUT2D eigenvalue weighted by atomic mass is 79.9. The summed E-state index contributed by atoms with van der Waals surface area (Å²) in [5.74, 6) is -0.472. The lowest BCUT2D eigenvalue weighted by molar-refractivity contribution is -0.127. The fourth-order valence-corrected chi connectivity index (χ4v) is 3.28. The monoisotopic (exact) mass is 342 g/mol. The Morgan fingerprint density at radius 2 is 2.15 bits per heavy atom. The van der Waals surface area contributed by atoms with E-state index in [1.54, 1.807) is 12.1 Å². The van der Waals surface area contributed by atoms with Crippen LogP contribution in [0.3, 0.4) is 0 Å². The minimum Gasteiger partial charge on any atom is -0.322 e. The second-order valence-electron chi connectivity index (χ2n) is 5.33. The molecule has 1 aliphatic rings. The molecule has 110 valence electrons. The summed E-state index contributed by atoms with van der Waals surface area (Å²) < 4.78 is 14.4. The molecule has 3 nitrogen and oxygen atoms in total. The average Bonchev–Trinajstić information content (AvgIpc) is 2.44. The van der Waals surface area contributed by atoms with Crippen molar-refractivity contribution < 1.29 is 9.18 Å². The Hall–Kier alpha value is -0.940. The third-order valence-electron chi connectivity index (χ3n) is 3.97. The van der Waals surface area contributed by atoms with Crippen LogP contribution in [0.2, 0.25) is 0 Å². The summed E-state index contributed by atoms with van der Waals surface area (Å²) in [7, 11) is 0. The summed E-state index contributed by atoms with van der Waals surface area (Å²) in [6, 6.07) is 4.70. The topological polar surface area (TPSA) is 41.1 Å². The lowest BCUT2D eigenvalue weighted by Crippen LogP contribution is -2.45. The van der Waals surface area contributed by atoms with Crippen molar-refractivity contribution in [1.82, 2.24) is 5.32 Å². The molecule has 0 unspecified atom stereocenters. The number of anilines is 1. The van der Waals surface area contributed by atoms with Crippen LogP contribution in [0.4, 0.5) is 10.1 Å². The van der Waals surface area contributed by atoms with E-state index < -0.39 is 5.82 Å². The second kappa shape index (κ2) is 6.68. The van der Waals surface area contributed by atoms with Crippen LogP contribution >= 0.6 is 15.9 Å². The molecule has 1 amide bonds. The van der Waals surface area contributed by atoms with Gasteiger partial charge in [0.2, 0.25) is 5.91 Å². The number of para-hydroxylation sites is 1. The molecule has 2 rings (SSSR count). The van der Waals surface area contributed by atoms with Crippen LogP contribution in [-0.2, 0) is 4.79 Å². The molecule has 0 radical (unpaired) electrons. The summed E-state index contributed by atoms with van der Waals surface area (Å²) in [4.78, 5) is 12.7. The van der Waals surface area contributed by atoms with Gasteiger partial charge in [-0.3, -0.25) is 4.79 Å². The van der Waals surface area contributed by atoms with Crippen molar-refractivity contribution in [3.8, 4) is 0 Å². The van der Waals surface area contributed by atoms with Crippen LogP contribution in [0.25, 0.3) is 0 Å². The number of hydrogen-bond acceptors (Lipinski definition) is 2. The maximum Gasteiger partial charge on any atom is 0.230 e. The molecule has 0 saturated carbocycles. The maximum absolute atomic E-state index is 13.8. The average molecular weight is 343 g/mol. The van der Waals surface area contributed by atoms with Gasteiger partial charge in [-0.15, -0.1) is 0 Å². The third kappa shape index (κ3) is 3.20. The SMILES string of the molecule is CCCC1(C(=O)Nc2c(F)cccc2Br)CCNCC1. The van der Waals surface area contributed by atoms with Crippen molar-refractivity contribution in [3.05, 3.63) is 28.5 Å². The van der Waals surface area contributed by atoms with Gasteiger partial charge < -0.3 is 10.6 Å². The molecule has 0 aromatic heterocycles. The van der Waals surface area contributed by atoms with Gasteiger partial charge >= 0.3 is 0 Å². The van der Waals surface area contributed by atoms with Crippen molar-refractivity contribution >= 4 is 27.5 Å². The molecule has 1 heterocycles. The number of rotatable bonds is 4. The zero-order valence-corrected chi connectivity index (χ0v) is 13.2. The van der Waals surface area contributed by atoms with E-state index in [0.717, 1.165) is 38.8 Å². The highest BCUT2D eigenvalue weighted by molar-refractivity contribution is 9.10. The summed E-state index contributed by atoms with van der Waals surface area (Å²) in [6.45, 7) is 3.76. The van der Waals surface area contributed by atoms with Crippen molar-refractivity contribution in [2.75, 3.05) is 18.4 Å². The van der Waals surface area contributed by atoms with Gasteiger partial charge in [0.25, 0.3) is 0 Å². The summed E-state index contributed by atoms with van der Waals surface area (Å²) in [5, 5.41) is 6.06. The molecular formula is C15H20BrFN2O. The largest absolute Gasteiger partial charge is 0.322 e. The van der Waals surface area contributed by atoms with E-state index in [9.17, 15) is 9.18 Å². The first-order valence-electron chi connectivity index (χ1n) is 7.05. The Labute approximate surface area is 127 Å². The molecule has 0 atom stereocenters. The van der Waals surface area contributed by atoms with Gasteiger partial charge in [0, 0.05) is 4.47 Å². The van der Waals surface area contributed by atoms with Crippen LogP contribution in [0.1, 0.15) is 32.6 Å². The third-order valence-corrected chi connectivity index (χ3v) is 4.63. The molecule has 0 bridgehead atoms. The van der Waals surface area contributed by atoms with E-state index in [1.165, 1.54) is 6.07 Å². The van der Waals surface area contributed by atoms with Crippen molar-refractivity contribution in [2.24, 2.45) is 5.41 Å². The molecule has 1 aromatic rings. The molecule has 1 aliphatic heterocycles. The Morgan fingerprint density at radius 1 is 1.45 bits per heavy atom. The van der Waals surface area contributed by atoms with E-state index >= 15 is 0 Å². The lowest BCUT2D eigenvalue weighted by Gasteiger charge is -2.36. The van der Waals surface area contributed by atoms with E-state index in [2.05, 4.69) is 33.5 Å². The van der Waals surface area contributed by atoms with E-state index in [0.29, 0.717) is 4.47 Å². The standard InChI is InChI=1S/C15H20BrFN2O/c1-2-6-15(7-9-18-10-8-15)14(20)19-13-11(16)4-3-5-12(13)17/h3-5,18H,2,6-10H2,1H3,(H,19,20). The molecule has 20 heavy (non-hydrogen) atoms. The number of piperidine rings is 1. The van der Waals surface area contributed by atoms with Crippen LogP contribution < -0.4 is 10.6 Å². The second-order valence-corrected chi connectivity index (χ2v) is 6.19. The smallest absolute Gasteiger partial charge is 0.230 e. The summed E-state index contributed by atoms with van der Waals surface area (Å²) in [5.41, 5.74) is -0.131. The van der Waals surface area contributed by atoms with Gasteiger partial charge in [-0.2, -0.15) is 0 Å². The summed E-state index contributed by atoms with van der Waals surface area (Å²) in [6.07, 6.45) is 3.40. The summed E-state index contributed by atoms with van der Waals surface area (Å²) >= 11 is 3.29. The molecular weight excluding hydrogens is 323 g/mol. The Bertz CT molecular complexity index is 461. The molecule has 1 saturated heterocycles. The van der Waals surface area contributed by atoms with Gasteiger partial charge in [0.05, 0.1) is 11.1 Å².